The standard InChI is InChI=1S/C18H22N2O3.ClH/c1-22-16-9-7-13(11-17(16)23-2)12-20-18(21)10-8-14-5-3-4-6-15(14)19;/h3-7,9,11H,8,10,12,19H2,1-2H3,(H,20,21);1H. The molecular formula is C18H23ClN2O3. The molecule has 0 fully saturated rings. The molecule has 1 amide bonds. The number of ether oxygens (including phenoxy) is 2. The minimum absolute atomic E-state index is 0. The fourth-order valence-corrected chi connectivity index (χ4v) is 2.29. The van der Waals surface area contributed by atoms with Crippen molar-refractivity contribution < 1.29 is 14.3 Å². The van der Waals surface area contributed by atoms with E-state index in [1.165, 1.54) is 0 Å². The van der Waals surface area contributed by atoms with E-state index < -0.39 is 0 Å². The summed E-state index contributed by atoms with van der Waals surface area (Å²) >= 11 is 0. The zero-order valence-corrected chi connectivity index (χ0v) is 14.7. The molecule has 0 aliphatic carbocycles. The van der Waals surface area contributed by atoms with Crippen molar-refractivity contribution in [2.45, 2.75) is 19.4 Å². The Balaban J connectivity index is 0.00000288. The van der Waals surface area contributed by atoms with Crippen molar-refractivity contribution in [3.63, 3.8) is 0 Å². The predicted octanol–water partition coefficient (Wildman–Crippen LogP) is 2.96. The van der Waals surface area contributed by atoms with Crippen LogP contribution in [-0.2, 0) is 17.8 Å². The highest BCUT2D eigenvalue weighted by Crippen LogP contribution is 2.27. The molecule has 0 saturated heterocycles. The molecule has 0 saturated carbocycles. The number of nitrogens with one attached hydrogen (secondary N) is 1. The van der Waals surface area contributed by atoms with E-state index in [0.717, 1.165) is 16.8 Å². The van der Waals surface area contributed by atoms with Crippen molar-refractivity contribution in [2.24, 2.45) is 0 Å². The molecule has 2 aromatic rings. The van der Waals surface area contributed by atoms with E-state index in [1.807, 2.05) is 42.5 Å². The van der Waals surface area contributed by atoms with Crippen LogP contribution in [0.25, 0.3) is 0 Å². The van der Waals surface area contributed by atoms with Crippen molar-refractivity contribution in [3.8, 4) is 11.5 Å². The Labute approximate surface area is 148 Å². The second kappa shape index (κ2) is 9.67. The minimum Gasteiger partial charge on any atom is -0.493 e. The van der Waals surface area contributed by atoms with Gasteiger partial charge in [0.2, 0.25) is 5.91 Å². The highest BCUT2D eigenvalue weighted by Gasteiger charge is 2.07. The van der Waals surface area contributed by atoms with Gasteiger partial charge in [0.05, 0.1) is 14.2 Å². The lowest BCUT2D eigenvalue weighted by Crippen LogP contribution is -2.23. The maximum absolute atomic E-state index is 12.0. The predicted molar refractivity (Wildman–Crippen MR) is 97.8 cm³/mol. The Morgan fingerprint density at radius 2 is 1.79 bits per heavy atom. The van der Waals surface area contributed by atoms with Crippen molar-refractivity contribution in [2.75, 3.05) is 20.0 Å². The summed E-state index contributed by atoms with van der Waals surface area (Å²) in [6, 6.07) is 13.2. The monoisotopic (exact) mass is 350 g/mol. The van der Waals surface area contributed by atoms with E-state index in [2.05, 4.69) is 5.32 Å². The van der Waals surface area contributed by atoms with Crippen LogP contribution in [0.1, 0.15) is 17.5 Å². The molecule has 0 aliphatic heterocycles. The molecule has 6 heteroatoms. The van der Waals surface area contributed by atoms with Crippen LogP contribution in [-0.4, -0.2) is 20.1 Å². The van der Waals surface area contributed by atoms with Crippen LogP contribution in [0.2, 0.25) is 0 Å². The molecule has 0 aliphatic rings. The number of methoxy groups -OCH3 is 2. The van der Waals surface area contributed by atoms with Crippen LogP contribution in [0, 0.1) is 0 Å². The van der Waals surface area contributed by atoms with Gasteiger partial charge >= 0.3 is 0 Å². The summed E-state index contributed by atoms with van der Waals surface area (Å²) in [6.45, 7) is 0.448. The van der Waals surface area contributed by atoms with Gasteiger partial charge in [-0.2, -0.15) is 0 Å². The summed E-state index contributed by atoms with van der Waals surface area (Å²) in [5, 5.41) is 2.90. The van der Waals surface area contributed by atoms with E-state index in [1.54, 1.807) is 14.2 Å². The number of anilines is 1. The highest BCUT2D eigenvalue weighted by molar-refractivity contribution is 5.85. The lowest BCUT2D eigenvalue weighted by Gasteiger charge is -2.10. The molecule has 0 spiro atoms. The van der Waals surface area contributed by atoms with Crippen LogP contribution >= 0.6 is 12.4 Å². The molecule has 0 aromatic heterocycles. The molecular weight excluding hydrogens is 328 g/mol. The van der Waals surface area contributed by atoms with Crippen molar-refractivity contribution in [1.82, 2.24) is 5.32 Å². The van der Waals surface area contributed by atoms with Gasteiger partial charge in [0.1, 0.15) is 0 Å². The van der Waals surface area contributed by atoms with Crippen LogP contribution in [0.3, 0.4) is 0 Å². The summed E-state index contributed by atoms with van der Waals surface area (Å²) in [5.41, 5.74) is 8.54. The lowest BCUT2D eigenvalue weighted by molar-refractivity contribution is -0.121. The maximum atomic E-state index is 12.0. The largest absolute Gasteiger partial charge is 0.493 e. The normalized spacial score (nSPS) is 9.75. The van der Waals surface area contributed by atoms with Gasteiger partial charge < -0.3 is 20.5 Å². The van der Waals surface area contributed by atoms with Gasteiger partial charge in [0.25, 0.3) is 0 Å². The number of carbonyl (C=O) groups excluding carboxylic acids is 1. The molecule has 2 rings (SSSR count). The second-order valence-electron chi connectivity index (χ2n) is 5.16. The summed E-state index contributed by atoms with van der Waals surface area (Å²) in [5.74, 6) is 1.31. The van der Waals surface area contributed by atoms with Gasteiger partial charge in [0.15, 0.2) is 11.5 Å². The number of benzene rings is 2. The van der Waals surface area contributed by atoms with Crippen molar-refractivity contribution in [1.29, 1.82) is 0 Å². The smallest absolute Gasteiger partial charge is 0.220 e. The average Bonchev–Trinajstić information content (AvgIpc) is 2.58. The summed E-state index contributed by atoms with van der Waals surface area (Å²) in [6.07, 6.45) is 1.03. The Kier molecular flexibility index (Phi) is 7.92. The SMILES string of the molecule is COc1ccc(CNC(=O)CCc2ccccc2N)cc1OC.Cl. The maximum Gasteiger partial charge on any atom is 0.220 e. The number of nitrogens with two attached hydrogens (primary N) is 1. The first-order valence-electron chi connectivity index (χ1n) is 7.45. The number of rotatable bonds is 7. The summed E-state index contributed by atoms with van der Waals surface area (Å²) in [4.78, 5) is 12.0. The Morgan fingerprint density at radius 3 is 2.46 bits per heavy atom. The number of aryl methyl sites for hydroxylation is 1. The molecule has 0 atom stereocenters. The fourth-order valence-electron chi connectivity index (χ4n) is 2.29. The van der Waals surface area contributed by atoms with Crippen LogP contribution < -0.4 is 20.5 Å². The molecule has 130 valence electrons. The Bertz CT molecular complexity index is 677. The summed E-state index contributed by atoms with van der Waals surface area (Å²) < 4.78 is 10.4. The van der Waals surface area contributed by atoms with Gasteiger partial charge in [-0.3, -0.25) is 4.79 Å². The third-order valence-corrected chi connectivity index (χ3v) is 3.61. The number of amides is 1. The first kappa shape index (κ1) is 19.6. The number of hydrogen-bond donors (Lipinski definition) is 2. The van der Waals surface area contributed by atoms with Crippen LogP contribution in [0.5, 0.6) is 11.5 Å². The topological polar surface area (TPSA) is 73.6 Å². The van der Waals surface area contributed by atoms with E-state index >= 15 is 0 Å². The van der Waals surface area contributed by atoms with Crippen LogP contribution in [0.15, 0.2) is 42.5 Å². The van der Waals surface area contributed by atoms with E-state index in [-0.39, 0.29) is 18.3 Å². The lowest BCUT2D eigenvalue weighted by atomic mass is 10.1. The molecule has 0 unspecified atom stereocenters. The molecule has 5 nitrogen and oxygen atoms in total. The number of carbonyl (C=O) groups is 1. The van der Waals surface area contributed by atoms with E-state index in [0.29, 0.717) is 30.9 Å². The van der Waals surface area contributed by atoms with Gasteiger partial charge in [-0.15, -0.1) is 12.4 Å². The number of nitrogen functional groups attached to an aromatic ring is 1. The molecule has 0 heterocycles. The number of hydrogen-bond acceptors (Lipinski definition) is 4. The molecule has 24 heavy (non-hydrogen) atoms. The number of halogens is 1. The first-order valence-corrected chi connectivity index (χ1v) is 7.45. The molecule has 0 bridgehead atoms. The van der Waals surface area contributed by atoms with Gasteiger partial charge in [0, 0.05) is 18.7 Å². The molecule has 2 aromatic carbocycles. The minimum atomic E-state index is -0.0111. The highest BCUT2D eigenvalue weighted by atomic mass is 35.5. The van der Waals surface area contributed by atoms with Crippen molar-refractivity contribution in [3.05, 3.63) is 53.6 Å². The van der Waals surface area contributed by atoms with Crippen molar-refractivity contribution >= 4 is 24.0 Å². The number of para-hydroxylation sites is 1. The average molecular weight is 351 g/mol. The second-order valence-corrected chi connectivity index (χ2v) is 5.16. The third kappa shape index (κ3) is 5.35. The van der Waals surface area contributed by atoms with Crippen LogP contribution in [0.4, 0.5) is 5.69 Å². The quantitative estimate of drug-likeness (QED) is 0.753. The van der Waals surface area contributed by atoms with Gasteiger partial charge in [-0.05, 0) is 35.7 Å². The van der Waals surface area contributed by atoms with Gasteiger partial charge in [-0.1, -0.05) is 24.3 Å². The Hall–Kier alpha value is -2.40. The van der Waals surface area contributed by atoms with Gasteiger partial charge in [-0.25, -0.2) is 0 Å². The first-order chi connectivity index (χ1) is 11.1. The fraction of sp³-hybridized carbons (Fsp3) is 0.278. The van der Waals surface area contributed by atoms with E-state index in [9.17, 15) is 4.79 Å². The zero-order chi connectivity index (χ0) is 16.7. The third-order valence-electron chi connectivity index (χ3n) is 3.61. The Morgan fingerprint density at radius 1 is 1.08 bits per heavy atom. The summed E-state index contributed by atoms with van der Waals surface area (Å²) in [7, 11) is 3.18. The zero-order valence-electron chi connectivity index (χ0n) is 13.9. The molecule has 0 radical (unpaired) electrons. The van der Waals surface area contributed by atoms with E-state index in [4.69, 9.17) is 15.2 Å². The molecule has 3 N–H and O–H groups in total.